The molecule has 0 aliphatic rings. The average molecular weight is 253 g/mol. The molecule has 0 bridgehead atoms. The normalized spacial score (nSPS) is 10.9. The van der Waals surface area contributed by atoms with E-state index in [9.17, 15) is 14.0 Å². The molecule has 1 aromatic rings. The van der Waals surface area contributed by atoms with Crippen LogP contribution in [0.5, 0.6) is 0 Å². The highest BCUT2D eigenvalue weighted by atomic mass is 19.1. The first-order valence-electron chi connectivity index (χ1n) is 5.49. The fourth-order valence-corrected chi connectivity index (χ4v) is 1.07. The molecule has 0 heterocycles. The number of anilines is 1. The summed E-state index contributed by atoms with van der Waals surface area (Å²) in [7, 11) is 0. The summed E-state index contributed by atoms with van der Waals surface area (Å²) in [6.07, 6.45) is 0. The predicted octanol–water partition coefficient (Wildman–Crippen LogP) is 2.94. The van der Waals surface area contributed by atoms with Crippen molar-refractivity contribution in [3.8, 4) is 0 Å². The minimum atomic E-state index is -0.678. The molecule has 1 aromatic carbocycles. The summed E-state index contributed by atoms with van der Waals surface area (Å²) in [4.78, 5) is 27.3. The van der Waals surface area contributed by atoms with Crippen LogP contribution >= 0.6 is 0 Å². The van der Waals surface area contributed by atoms with Gasteiger partial charge in [-0.05, 0) is 45.9 Å². The number of rotatable bonds is 3. The molecule has 98 valence electrons. The Morgan fingerprint density at radius 3 is 2.33 bits per heavy atom. The second-order valence-electron chi connectivity index (χ2n) is 4.99. The Kier molecular flexibility index (Phi) is 4.06. The topological polar surface area (TPSA) is 55.4 Å². The molecule has 0 unspecified atom stereocenters. The lowest BCUT2D eigenvalue weighted by Crippen LogP contribution is -2.25. The van der Waals surface area contributed by atoms with Crippen LogP contribution in [0.2, 0.25) is 0 Å². The van der Waals surface area contributed by atoms with Crippen molar-refractivity contribution in [1.29, 1.82) is 0 Å². The van der Waals surface area contributed by atoms with Crippen LogP contribution in [0.15, 0.2) is 18.2 Å². The monoisotopic (exact) mass is 253 g/mol. The van der Waals surface area contributed by atoms with E-state index in [0.717, 1.165) is 6.07 Å². The van der Waals surface area contributed by atoms with Gasteiger partial charge in [-0.1, -0.05) is 0 Å². The third kappa shape index (κ3) is 3.55. The standard InChI is InChI=1S/C13H16FNO3/c1-8(16)9-5-6-11(10(14)7-9)15-18-12(17)13(2,3)4/h5-7,15H,1-4H3. The predicted molar refractivity (Wildman–Crippen MR) is 65.6 cm³/mol. The van der Waals surface area contributed by atoms with Gasteiger partial charge in [0.2, 0.25) is 0 Å². The maximum absolute atomic E-state index is 13.6. The first-order chi connectivity index (χ1) is 8.21. The van der Waals surface area contributed by atoms with Crippen molar-refractivity contribution >= 4 is 17.4 Å². The second-order valence-corrected chi connectivity index (χ2v) is 4.99. The van der Waals surface area contributed by atoms with Gasteiger partial charge in [-0.3, -0.25) is 4.79 Å². The highest BCUT2D eigenvalue weighted by molar-refractivity contribution is 5.94. The molecule has 1 rings (SSSR count). The van der Waals surface area contributed by atoms with Gasteiger partial charge < -0.3 is 4.84 Å². The summed E-state index contributed by atoms with van der Waals surface area (Å²) >= 11 is 0. The quantitative estimate of drug-likeness (QED) is 0.664. The number of carbonyl (C=O) groups is 2. The molecule has 0 atom stereocenters. The Balaban J connectivity index is 2.75. The van der Waals surface area contributed by atoms with Gasteiger partial charge in [-0.25, -0.2) is 14.7 Å². The molecule has 5 heteroatoms. The zero-order valence-electron chi connectivity index (χ0n) is 10.8. The van der Waals surface area contributed by atoms with Crippen LogP contribution in [-0.4, -0.2) is 11.8 Å². The van der Waals surface area contributed by atoms with Gasteiger partial charge in [0.05, 0.1) is 5.41 Å². The lowest BCUT2D eigenvalue weighted by molar-refractivity contribution is -0.149. The second kappa shape index (κ2) is 5.16. The van der Waals surface area contributed by atoms with Crippen LogP contribution in [0.3, 0.4) is 0 Å². The first kappa shape index (κ1) is 14.2. The molecule has 0 aliphatic carbocycles. The lowest BCUT2D eigenvalue weighted by atomic mass is 9.98. The molecule has 18 heavy (non-hydrogen) atoms. The number of carbonyl (C=O) groups excluding carboxylic acids is 2. The SMILES string of the molecule is CC(=O)c1ccc(NOC(=O)C(C)(C)C)c(F)c1. The minimum Gasteiger partial charge on any atom is -0.343 e. The van der Waals surface area contributed by atoms with Crippen molar-refractivity contribution < 1.29 is 18.8 Å². The molecular formula is C13H16FNO3. The van der Waals surface area contributed by atoms with Crippen molar-refractivity contribution in [2.75, 3.05) is 5.48 Å². The maximum Gasteiger partial charge on any atom is 0.337 e. The van der Waals surface area contributed by atoms with Gasteiger partial charge in [0.25, 0.3) is 0 Å². The summed E-state index contributed by atoms with van der Waals surface area (Å²) in [5.74, 6) is -1.38. The van der Waals surface area contributed by atoms with E-state index in [1.54, 1.807) is 20.8 Å². The van der Waals surface area contributed by atoms with Gasteiger partial charge in [0, 0.05) is 5.56 Å². The summed E-state index contributed by atoms with van der Waals surface area (Å²) in [5, 5.41) is 0. The van der Waals surface area contributed by atoms with Crippen LogP contribution in [-0.2, 0) is 9.63 Å². The Hall–Kier alpha value is -1.91. The molecule has 0 saturated heterocycles. The Labute approximate surface area is 105 Å². The van der Waals surface area contributed by atoms with E-state index in [1.165, 1.54) is 19.1 Å². The zero-order valence-corrected chi connectivity index (χ0v) is 10.8. The van der Waals surface area contributed by atoms with E-state index < -0.39 is 17.2 Å². The Bertz CT molecular complexity index is 478. The molecule has 1 N–H and O–H groups in total. The highest BCUT2D eigenvalue weighted by Gasteiger charge is 2.24. The molecule has 0 spiro atoms. The minimum absolute atomic E-state index is 0.0117. The van der Waals surface area contributed by atoms with Crippen molar-refractivity contribution in [2.45, 2.75) is 27.7 Å². The van der Waals surface area contributed by atoms with Crippen molar-refractivity contribution in [2.24, 2.45) is 5.41 Å². The van der Waals surface area contributed by atoms with Crippen LogP contribution in [0.1, 0.15) is 38.1 Å². The molecule has 0 aliphatic heterocycles. The average Bonchev–Trinajstić information content (AvgIpc) is 2.25. The Morgan fingerprint density at radius 2 is 1.89 bits per heavy atom. The third-order valence-electron chi connectivity index (χ3n) is 2.24. The van der Waals surface area contributed by atoms with Crippen LogP contribution in [0, 0.1) is 11.2 Å². The molecule has 0 amide bonds. The number of Topliss-reactive ketones (excluding diaryl/α,β-unsaturated/α-hetero) is 1. The summed E-state index contributed by atoms with van der Waals surface area (Å²) in [6.45, 7) is 6.41. The summed E-state index contributed by atoms with van der Waals surface area (Å²) < 4.78 is 13.6. The molecular weight excluding hydrogens is 237 g/mol. The highest BCUT2D eigenvalue weighted by Crippen LogP contribution is 2.19. The van der Waals surface area contributed by atoms with Gasteiger partial charge in [-0.2, -0.15) is 0 Å². The fourth-order valence-electron chi connectivity index (χ4n) is 1.07. The first-order valence-corrected chi connectivity index (χ1v) is 5.49. The third-order valence-corrected chi connectivity index (χ3v) is 2.24. The molecule has 4 nitrogen and oxygen atoms in total. The zero-order chi connectivity index (χ0) is 13.9. The van der Waals surface area contributed by atoms with E-state index in [4.69, 9.17) is 4.84 Å². The van der Waals surface area contributed by atoms with Gasteiger partial charge in [-0.15, -0.1) is 0 Å². The number of nitrogens with one attached hydrogen (secondary N) is 1. The van der Waals surface area contributed by atoms with Gasteiger partial charge >= 0.3 is 5.97 Å². The van der Waals surface area contributed by atoms with E-state index in [-0.39, 0.29) is 17.0 Å². The van der Waals surface area contributed by atoms with E-state index >= 15 is 0 Å². The van der Waals surface area contributed by atoms with E-state index in [2.05, 4.69) is 5.48 Å². The summed E-state index contributed by atoms with van der Waals surface area (Å²) in [6, 6.07) is 3.90. The number of hydrogen-bond acceptors (Lipinski definition) is 4. The van der Waals surface area contributed by atoms with E-state index in [1.807, 2.05) is 0 Å². The smallest absolute Gasteiger partial charge is 0.337 e. The van der Waals surface area contributed by atoms with Crippen LogP contribution in [0.25, 0.3) is 0 Å². The van der Waals surface area contributed by atoms with E-state index in [0.29, 0.717) is 0 Å². The molecule has 0 fully saturated rings. The van der Waals surface area contributed by atoms with Crippen molar-refractivity contribution in [3.63, 3.8) is 0 Å². The number of ketones is 1. The Morgan fingerprint density at radius 1 is 1.28 bits per heavy atom. The number of halogens is 1. The van der Waals surface area contributed by atoms with Crippen molar-refractivity contribution in [3.05, 3.63) is 29.6 Å². The van der Waals surface area contributed by atoms with Crippen molar-refractivity contribution in [1.82, 2.24) is 0 Å². The molecule has 0 saturated carbocycles. The molecule has 0 aromatic heterocycles. The summed E-state index contributed by atoms with van der Waals surface area (Å²) in [5.41, 5.74) is 1.85. The van der Waals surface area contributed by atoms with Gasteiger partial charge in [0.1, 0.15) is 11.5 Å². The maximum atomic E-state index is 13.6. The molecule has 0 radical (unpaired) electrons. The van der Waals surface area contributed by atoms with Crippen LogP contribution < -0.4 is 5.48 Å². The lowest BCUT2D eigenvalue weighted by Gasteiger charge is -2.16. The van der Waals surface area contributed by atoms with Crippen LogP contribution in [0.4, 0.5) is 10.1 Å². The van der Waals surface area contributed by atoms with Gasteiger partial charge in [0.15, 0.2) is 5.78 Å². The number of hydrogen-bond donors (Lipinski definition) is 1. The largest absolute Gasteiger partial charge is 0.343 e. The number of benzene rings is 1. The fraction of sp³-hybridized carbons (Fsp3) is 0.385.